The van der Waals surface area contributed by atoms with Gasteiger partial charge < -0.3 is 15.4 Å². The first-order valence-corrected chi connectivity index (χ1v) is 10.7. The van der Waals surface area contributed by atoms with Crippen molar-refractivity contribution < 1.29 is 14.3 Å². The van der Waals surface area contributed by atoms with Gasteiger partial charge in [-0.15, -0.1) is 0 Å². The Hall–Kier alpha value is -3.84. The fourth-order valence-corrected chi connectivity index (χ4v) is 3.44. The van der Waals surface area contributed by atoms with Crippen LogP contribution in [-0.2, 0) is 20.7 Å². The Morgan fingerprint density at radius 1 is 1.12 bits per heavy atom. The van der Waals surface area contributed by atoms with Crippen molar-refractivity contribution in [2.24, 2.45) is 0 Å². The molecule has 3 aromatic rings. The van der Waals surface area contributed by atoms with Gasteiger partial charge in [-0.1, -0.05) is 30.3 Å². The summed E-state index contributed by atoms with van der Waals surface area (Å²) in [6.07, 6.45) is 7.01. The number of ether oxygens (including phenoxy) is 1. The van der Waals surface area contributed by atoms with E-state index >= 15 is 0 Å². The van der Waals surface area contributed by atoms with Crippen molar-refractivity contribution >= 4 is 23.6 Å². The van der Waals surface area contributed by atoms with Crippen LogP contribution in [0.4, 0.5) is 5.69 Å². The maximum Gasteiger partial charge on any atom is 0.292 e. The number of pyridine rings is 2. The molecule has 4 rings (SSSR count). The van der Waals surface area contributed by atoms with E-state index in [1.165, 1.54) is 12.7 Å². The molecule has 0 unspecified atom stereocenters. The van der Waals surface area contributed by atoms with Gasteiger partial charge in [-0.3, -0.25) is 19.6 Å². The van der Waals surface area contributed by atoms with Gasteiger partial charge in [0.15, 0.2) is 0 Å². The van der Waals surface area contributed by atoms with Crippen LogP contribution in [0.1, 0.15) is 23.4 Å². The predicted octanol–water partition coefficient (Wildman–Crippen LogP) is 3.80. The number of aryl methyl sites for hydroxylation is 1. The molecule has 7 heteroatoms. The third-order valence-corrected chi connectivity index (χ3v) is 5.08. The van der Waals surface area contributed by atoms with Crippen molar-refractivity contribution in [1.82, 2.24) is 15.3 Å². The summed E-state index contributed by atoms with van der Waals surface area (Å²) >= 11 is 0. The molecule has 0 atom stereocenters. The second-order valence-electron chi connectivity index (χ2n) is 7.56. The number of benzene rings is 1. The van der Waals surface area contributed by atoms with Crippen LogP contribution in [0.2, 0.25) is 0 Å². The smallest absolute Gasteiger partial charge is 0.292 e. The molecule has 0 fully saturated rings. The number of amides is 1. The van der Waals surface area contributed by atoms with Crippen molar-refractivity contribution in [2.75, 3.05) is 25.5 Å². The number of methoxy groups -OCH3 is 1. The number of anilines is 1. The molecule has 33 heavy (non-hydrogen) atoms. The Morgan fingerprint density at radius 3 is 2.52 bits per heavy atom. The standard InChI is InChI=1S/C24H24N4O.C2H4O2/c1-17-14-21(10-13-26-17)19-4-2-18(3-5-19)15-24(29)28-22-6-7-23(27-16-22)20-8-11-25-12-9-20;1-4-2-3/h2-8,10,13-14,16,25H,9,11-12,15H2,1H3,(H,28,29);2H,1H3. The largest absolute Gasteiger partial charge is 0.471 e. The van der Waals surface area contributed by atoms with E-state index in [1.807, 2.05) is 55.6 Å². The molecule has 0 radical (unpaired) electrons. The molecule has 2 aromatic heterocycles. The van der Waals surface area contributed by atoms with Gasteiger partial charge >= 0.3 is 0 Å². The fraction of sp³-hybridized carbons (Fsp3) is 0.231. The second-order valence-corrected chi connectivity index (χ2v) is 7.56. The number of hydrogen-bond acceptors (Lipinski definition) is 6. The molecule has 170 valence electrons. The van der Waals surface area contributed by atoms with Gasteiger partial charge in [0.05, 0.1) is 31.1 Å². The highest BCUT2D eigenvalue weighted by molar-refractivity contribution is 5.92. The summed E-state index contributed by atoms with van der Waals surface area (Å²) in [6.45, 7) is 4.22. The topological polar surface area (TPSA) is 93.2 Å². The Bertz CT molecular complexity index is 1090. The van der Waals surface area contributed by atoms with Crippen molar-refractivity contribution in [3.63, 3.8) is 0 Å². The van der Waals surface area contributed by atoms with E-state index in [-0.39, 0.29) is 5.91 Å². The molecule has 0 bridgehead atoms. The average Bonchev–Trinajstić information content (AvgIpc) is 2.85. The number of nitrogens with zero attached hydrogens (tertiary/aromatic N) is 2. The molecule has 1 amide bonds. The van der Waals surface area contributed by atoms with Crippen LogP contribution < -0.4 is 10.6 Å². The lowest BCUT2D eigenvalue weighted by Crippen LogP contribution is -2.20. The van der Waals surface area contributed by atoms with Crippen molar-refractivity contribution in [3.8, 4) is 11.1 Å². The number of carbonyl (C=O) groups is 2. The first-order valence-electron chi connectivity index (χ1n) is 10.7. The second kappa shape index (κ2) is 12.3. The third kappa shape index (κ3) is 7.36. The maximum atomic E-state index is 12.4. The summed E-state index contributed by atoms with van der Waals surface area (Å²) in [5.74, 6) is -0.0480. The van der Waals surface area contributed by atoms with Crippen molar-refractivity contribution in [3.05, 3.63) is 84.0 Å². The van der Waals surface area contributed by atoms with E-state index in [2.05, 4.69) is 37.5 Å². The number of aromatic nitrogens is 2. The van der Waals surface area contributed by atoms with Crippen LogP contribution in [-0.4, -0.2) is 42.5 Å². The first-order chi connectivity index (χ1) is 16.1. The number of hydrogen-bond donors (Lipinski definition) is 2. The zero-order valence-electron chi connectivity index (χ0n) is 18.9. The van der Waals surface area contributed by atoms with E-state index in [0.717, 1.165) is 53.3 Å². The third-order valence-electron chi connectivity index (χ3n) is 5.08. The highest BCUT2D eigenvalue weighted by atomic mass is 16.5. The lowest BCUT2D eigenvalue weighted by atomic mass is 10.0. The maximum absolute atomic E-state index is 12.4. The van der Waals surface area contributed by atoms with Gasteiger partial charge in [0.2, 0.25) is 5.91 Å². The summed E-state index contributed by atoms with van der Waals surface area (Å²) in [6, 6.07) is 16.0. The molecule has 0 saturated heterocycles. The van der Waals surface area contributed by atoms with Gasteiger partial charge in [-0.2, -0.15) is 0 Å². The molecule has 3 heterocycles. The summed E-state index contributed by atoms with van der Waals surface area (Å²) in [5, 5.41) is 6.23. The summed E-state index contributed by atoms with van der Waals surface area (Å²) in [7, 11) is 1.31. The zero-order chi connectivity index (χ0) is 23.5. The summed E-state index contributed by atoms with van der Waals surface area (Å²) in [5.41, 5.74) is 7.16. The monoisotopic (exact) mass is 444 g/mol. The van der Waals surface area contributed by atoms with Crippen LogP contribution in [0.3, 0.4) is 0 Å². The van der Waals surface area contributed by atoms with Crippen LogP contribution in [0.25, 0.3) is 16.7 Å². The molecular weight excluding hydrogens is 416 g/mol. The van der Waals surface area contributed by atoms with Crippen molar-refractivity contribution in [2.45, 2.75) is 19.8 Å². The van der Waals surface area contributed by atoms with Gasteiger partial charge in [0.1, 0.15) is 0 Å². The SMILES string of the molecule is COC=O.Cc1cc(-c2ccc(CC(=O)Nc3ccc(C4=CCNCC4)nc3)cc2)ccn1. The lowest BCUT2D eigenvalue weighted by Gasteiger charge is -2.13. The highest BCUT2D eigenvalue weighted by Crippen LogP contribution is 2.21. The molecule has 0 saturated carbocycles. The Kier molecular flexibility index (Phi) is 8.85. The van der Waals surface area contributed by atoms with Gasteiger partial charge in [0.25, 0.3) is 6.47 Å². The average molecular weight is 445 g/mol. The predicted molar refractivity (Wildman–Crippen MR) is 130 cm³/mol. The molecule has 7 nitrogen and oxygen atoms in total. The van der Waals surface area contributed by atoms with Crippen molar-refractivity contribution in [1.29, 1.82) is 0 Å². The lowest BCUT2D eigenvalue weighted by molar-refractivity contribution is -0.126. The molecule has 2 N–H and O–H groups in total. The molecule has 0 aliphatic carbocycles. The van der Waals surface area contributed by atoms with Crippen LogP contribution >= 0.6 is 0 Å². The minimum Gasteiger partial charge on any atom is -0.471 e. The van der Waals surface area contributed by atoms with Gasteiger partial charge in [-0.25, -0.2) is 0 Å². The summed E-state index contributed by atoms with van der Waals surface area (Å²) in [4.78, 5) is 30.1. The number of nitrogens with one attached hydrogen (secondary N) is 2. The highest BCUT2D eigenvalue weighted by Gasteiger charge is 2.09. The Labute approximate surface area is 193 Å². The quantitative estimate of drug-likeness (QED) is 0.562. The van der Waals surface area contributed by atoms with Crippen LogP contribution in [0.5, 0.6) is 0 Å². The van der Waals surface area contributed by atoms with E-state index < -0.39 is 0 Å². The van der Waals surface area contributed by atoms with E-state index in [1.54, 1.807) is 6.20 Å². The van der Waals surface area contributed by atoms with Crippen LogP contribution in [0, 0.1) is 6.92 Å². The normalized spacial score (nSPS) is 12.6. The number of carbonyl (C=O) groups excluding carboxylic acids is 2. The molecule has 0 spiro atoms. The van der Waals surface area contributed by atoms with E-state index in [9.17, 15) is 4.79 Å². The Morgan fingerprint density at radius 2 is 1.91 bits per heavy atom. The fourth-order valence-electron chi connectivity index (χ4n) is 3.44. The van der Waals surface area contributed by atoms with Gasteiger partial charge in [0, 0.05) is 18.4 Å². The molecular formula is C26H28N4O3. The molecule has 1 aromatic carbocycles. The van der Waals surface area contributed by atoms with E-state index in [4.69, 9.17) is 4.79 Å². The van der Waals surface area contributed by atoms with Crippen LogP contribution in [0.15, 0.2) is 67.0 Å². The van der Waals surface area contributed by atoms with E-state index in [0.29, 0.717) is 12.9 Å². The Balaban J connectivity index is 0.000000709. The number of rotatable bonds is 6. The van der Waals surface area contributed by atoms with Gasteiger partial charge in [-0.05, 0) is 66.4 Å². The molecule has 1 aliphatic rings. The first kappa shape index (κ1) is 23.8. The minimum atomic E-state index is -0.0480. The molecule has 1 aliphatic heterocycles. The zero-order valence-corrected chi connectivity index (χ0v) is 18.9. The summed E-state index contributed by atoms with van der Waals surface area (Å²) < 4.78 is 3.86. The minimum absolute atomic E-state index is 0.0480.